The summed E-state index contributed by atoms with van der Waals surface area (Å²) >= 11 is 0. The van der Waals surface area contributed by atoms with Crippen molar-refractivity contribution in [1.29, 1.82) is 0 Å². The van der Waals surface area contributed by atoms with Crippen LogP contribution in [0.2, 0.25) is 0 Å². The summed E-state index contributed by atoms with van der Waals surface area (Å²) in [5.74, 6) is -0.833. The lowest BCUT2D eigenvalue weighted by Crippen LogP contribution is -2.23. The van der Waals surface area contributed by atoms with Crippen LogP contribution in [0.25, 0.3) is 0 Å². The third kappa shape index (κ3) is 18.1. The molecule has 0 heterocycles. The normalized spacial score (nSPS) is 8.23. The summed E-state index contributed by atoms with van der Waals surface area (Å²) in [5, 5.41) is 27.5. The molecule has 0 fully saturated rings. The molecule has 0 aromatic rings. The lowest BCUT2D eigenvalue weighted by molar-refractivity contribution is -0.134. The van der Waals surface area contributed by atoms with E-state index in [1.165, 1.54) is 0 Å². The number of carboxylic acid groups (broad SMARTS) is 1. The predicted octanol–water partition coefficient (Wildman–Crippen LogP) is -0.955. The SMILES string of the molecule is CC(=O)O.O=NN(CCO)CCO. The Morgan fingerprint density at radius 2 is 1.62 bits per heavy atom. The second-order valence-corrected chi connectivity index (χ2v) is 2.00. The van der Waals surface area contributed by atoms with E-state index < -0.39 is 5.97 Å². The van der Waals surface area contributed by atoms with E-state index in [4.69, 9.17) is 20.1 Å². The molecule has 0 saturated carbocycles. The first-order valence-electron chi connectivity index (χ1n) is 3.58. The van der Waals surface area contributed by atoms with Crippen molar-refractivity contribution in [3.63, 3.8) is 0 Å². The molecule has 7 nitrogen and oxygen atoms in total. The Balaban J connectivity index is 0. The van der Waals surface area contributed by atoms with E-state index in [-0.39, 0.29) is 26.3 Å². The predicted molar refractivity (Wildman–Crippen MR) is 44.8 cm³/mol. The Morgan fingerprint density at radius 3 is 1.77 bits per heavy atom. The highest BCUT2D eigenvalue weighted by Crippen LogP contribution is 1.84. The van der Waals surface area contributed by atoms with E-state index in [2.05, 4.69) is 5.29 Å². The van der Waals surface area contributed by atoms with Crippen LogP contribution < -0.4 is 0 Å². The van der Waals surface area contributed by atoms with Crippen molar-refractivity contribution >= 4 is 5.97 Å². The van der Waals surface area contributed by atoms with E-state index in [0.29, 0.717) is 0 Å². The van der Waals surface area contributed by atoms with Crippen LogP contribution >= 0.6 is 0 Å². The lowest BCUT2D eigenvalue weighted by atomic mass is 10.6. The zero-order valence-corrected chi connectivity index (χ0v) is 7.38. The van der Waals surface area contributed by atoms with Gasteiger partial charge in [-0.15, -0.1) is 4.91 Å². The Hall–Kier alpha value is -1.21. The molecule has 0 aliphatic carbocycles. The zero-order valence-electron chi connectivity index (χ0n) is 7.38. The van der Waals surface area contributed by atoms with Crippen LogP contribution in [-0.4, -0.2) is 52.6 Å². The van der Waals surface area contributed by atoms with Crippen LogP contribution in [0.1, 0.15) is 6.92 Å². The Bertz CT molecular complexity index is 131. The molecule has 78 valence electrons. The molecular weight excluding hydrogens is 180 g/mol. The quantitative estimate of drug-likeness (QED) is 0.384. The third-order valence-electron chi connectivity index (χ3n) is 0.832. The van der Waals surface area contributed by atoms with Gasteiger partial charge in [0.15, 0.2) is 0 Å². The topological polar surface area (TPSA) is 110 Å². The van der Waals surface area contributed by atoms with Crippen molar-refractivity contribution in [2.24, 2.45) is 5.29 Å². The van der Waals surface area contributed by atoms with Gasteiger partial charge in [-0.3, -0.25) is 9.80 Å². The first-order chi connectivity index (χ1) is 6.08. The molecule has 0 bridgehead atoms. The van der Waals surface area contributed by atoms with Gasteiger partial charge in [0.2, 0.25) is 0 Å². The fourth-order valence-electron chi connectivity index (χ4n) is 0.424. The first kappa shape index (κ1) is 14.3. The largest absolute Gasteiger partial charge is 0.481 e. The van der Waals surface area contributed by atoms with Crippen molar-refractivity contribution in [2.45, 2.75) is 6.92 Å². The van der Waals surface area contributed by atoms with Gasteiger partial charge in [0.1, 0.15) is 0 Å². The smallest absolute Gasteiger partial charge is 0.300 e. The van der Waals surface area contributed by atoms with Crippen LogP contribution in [0, 0.1) is 4.91 Å². The highest BCUT2D eigenvalue weighted by atomic mass is 16.4. The van der Waals surface area contributed by atoms with Gasteiger partial charge in [-0.25, -0.2) is 0 Å². The minimum absolute atomic E-state index is 0.119. The Kier molecular flexibility index (Phi) is 11.9. The number of hydrogen-bond acceptors (Lipinski definition) is 5. The van der Waals surface area contributed by atoms with Crippen molar-refractivity contribution < 1.29 is 20.1 Å². The molecule has 0 atom stereocenters. The lowest BCUT2D eigenvalue weighted by Gasteiger charge is -2.10. The molecule has 13 heavy (non-hydrogen) atoms. The maximum atomic E-state index is 9.74. The highest BCUT2D eigenvalue weighted by molar-refractivity contribution is 5.62. The van der Waals surface area contributed by atoms with Gasteiger partial charge < -0.3 is 15.3 Å². The fraction of sp³-hybridized carbons (Fsp3) is 0.833. The molecule has 0 rings (SSSR count). The maximum Gasteiger partial charge on any atom is 0.300 e. The Morgan fingerprint density at radius 1 is 1.31 bits per heavy atom. The molecule has 0 aliphatic rings. The fourth-order valence-corrected chi connectivity index (χ4v) is 0.424. The molecular formula is C6H14N2O5. The van der Waals surface area contributed by atoms with Gasteiger partial charge in [0.25, 0.3) is 5.97 Å². The second kappa shape index (κ2) is 10.8. The molecule has 0 spiro atoms. The van der Waals surface area contributed by atoms with Crippen molar-refractivity contribution in [2.75, 3.05) is 26.3 Å². The van der Waals surface area contributed by atoms with Gasteiger partial charge >= 0.3 is 0 Å². The average Bonchev–Trinajstić information content (AvgIpc) is 2.03. The van der Waals surface area contributed by atoms with Crippen LogP contribution in [-0.2, 0) is 4.79 Å². The number of aliphatic hydroxyl groups is 2. The van der Waals surface area contributed by atoms with Crippen LogP contribution in [0.15, 0.2) is 5.29 Å². The number of aliphatic carboxylic acids is 1. The van der Waals surface area contributed by atoms with Crippen LogP contribution in [0.3, 0.4) is 0 Å². The minimum atomic E-state index is -0.833. The number of rotatable bonds is 5. The molecule has 0 radical (unpaired) electrons. The third-order valence-corrected chi connectivity index (χ3v) is 0.832. The van der Waals surface area contributed by atoms with E-state index in [1.807, 2.05) is 0 Å². The number of hydrogen-bond donors (Lipinski definition) is 3. The summed E-state index contributed by atoms with van der Waals surface area (Å²) in [4.78, 5) is 18.7. The number of carboxylic acids is 1. The summed E-state index contributed by atoms with van der Waals surface area (Å²) in [7, 11) is 0. The van der Waals surface area contributed by atoms with E-state index in [9.17, 15) is 4.91 Å². The minimum Gasteiger partial charge on any atom is -0.481 e. The van der Waals surface area contributed by atoms with Gasteiger partial charge in [-0.2, -0.15) is 0 Å². The summed E-state index contributed by atoms with van der Waals surface area (Å²) < 4.78 is 0. The molecule has 0 unspecified atom stereocenters. The van der Waals surface area contributed by atoms with Crippen molar-refractivity contribution in [3.8, 4) is 0 Å². The van der Waals surface area contributed by atoms with E-state index in [1.54, 1.807) is 0 Å². The Labute approximate surface area is 75.5 Å². The highest BCUT2D eigenvalue weighted by Gasteiger charge is 1.97. The number of nitrogens with zero attached hydrogens (tertiary/aromatic N) is 2. The first-order valence-corrected chi connectivity index (χ1v) is 3.58. The molecule has 0 aromatic heterocycles. The molecule has 3 N–H and O–H groups in total. The monoisotopic (exact) mass is 194 g/mol. The van der Waals surface area contributed by atoms with Crippen LogP contribution in [0.4, 0.5) is 0 Å². The number of nitroso groups, excluding NO2 is 1. The summed E-state index contributed by atoms with van der Waals surface area (Å²) in [6.45, 7) is 1.21. The maximum absolute atomic E-state index is 9.74. The zero-order chi connectivity index (χ0) is 10.7. The molecule has 0 amide bonds. The van der Waals surface area contributed by atoms with E-state index in [0.717, 1.165) is 11.9 Å². The van der Waals surface area contributed by atoms with Gasteiger partial charge in [-0.05, 0) is 0 Å². The molecule has 0 aromatic carbocycles. The van der Waals surface area contributed by atoms with Gasteiger partial charge in [-0.1, -0.05) is 0 Å². The second-order valence-electron chi connectivity index (χ2n) is 2.00. The summed E-state index contributed by atoms with van der Waals surface area (Å²) in [6, 6.07) is 0. The number of carbonyl (C=O) groups is 1. The van der Waals surface area contributed by atoms with Crippen molar-refractivity contribution in [1.82, 2.24) is 5.01 Å². The standard InChI is InChI=1S/C4H10N2O3.C2H4O2/c7-3-1-6(5-9)2-4-8;1-2(3)4/h7-8H,1-4H2;1H3,(H,3,4). The van der Waals surface area contributed by atoms with Crippen LogP contribution in [0.5, 0.6) is 0 Å². The molecule has 7 heteroatoms. The summed E-state index contributed by atoms with van der Waals surface area (Å²) in [5.41, 5.74) is 0. The average molecular weight is 194 g/mol. The van der Waals surface area contributed by atoms with Gasteiger partial charge in [0, 0.05) is 6.92 Å². The number of aliphatic hydroxyl groups excluding tert-OH is 2. The van der Waals surface area contributed by atoms with E-state index >= 15 is 0 Å². The van der Waals surface area contributed by atoms with Crippen molar-refractivity contribution in [3.05, 3.63) is 4.91 Å². The molecule has 0 saturated heterocycles. The summed E-state index contributed by atoms with van der Waals surface area (Å²) in [6.07, 6.45) is 0. The van der Waals surface area contributed by atoms with Gasteiger partial charge in [0.05, 0.1) is 31.6 Å². The molecule has 0 aliphatic heterocycles.